The minimum absolute atomic E-state index is 0.0417. The topological polar surface area (TPSA) is 139 Å². The molecule has 1 fully saturated rings. The van der Waals surface area contributed by atoms with Crippen LogP contribution in [0.1, 0.15) is 30.1 Å². The molecule has 2 N–H and O–H groups in total. The normalized spacial score (nSPS) is 14.1. The van der Waals surface area contributed by atoms with E-state index in [0.717, 1.165) is 16.3 Å². The van der Waals surface area contributed by atoms with Crippen molar-refractivity contribution in [3.63, 3.8) is 0 Å². The molecular weight excluding hydrogens is 458 g/mol. The summed E-state index contributed by atoms with van der Waals surface area (Å²) in [7, 11) is -3.77. The van der Waals surface area contributed by atoms with Gasteiger partial charge in [-0.2, -0.15) is 5.10 Å². The molecule has 1 aliphatic heterocycles. The van der Waals surface area contributed by atoms with Crippen molar-refractivity contribution in [1.29, 1.82) is 0 Å². The number of imide groups is 1. The Kier molecular flexibility index (Phi) is 6.44. The number of hydrogen-bond donors (Lipinski definition) is 2. The fourth-order valence-corrected chi connectivity index (χ4v) is 4.74. The molecule has 2 amide bonds. The molecule has 3 aromatic rings. The van der Waals surface area contributed by atoms with Crippen LogP contribution in [0.2, 0.25) is 0 Å². The monoisotopic (exact) mass is 483 g/mol. The van der Waals surface area contributed by atoms with Gasteiger partial charge in [-0.25, -0.2) is 27.8 Å². The third-order valence-electron chi connectivity index (χ3n) is 5.23. The highest BCUT2D eigenvalue weighted by Gasteiger charge is 2.30. The number of rotatable bonds is 8. The Bertz CT molecular complexity index is 1330. The van der Waals surface area contributed by atoms with Crippen molar-refractivity contribution >= 4 is 33.3 Å². The van der Waals surface area contributed by atoms with Crippen molar-refractivity contribution in [2.75, 3.05) is 23.3 Å². The summed E-state index contributed by atoms with van der Waals surface area (Å²) in [6.45, 7) is 6.02. The van der Waals surface area contributed by atoms with E-state index in [9.17, 15) is 18.0 Å². The summed E-state index contributed by atoms with van der Waals surface area (Å²) in [5.74, 6) is 1.16. The number of sulfonamides is 1. The summed E-state index contributed by atoms with van der Waals surface area (Å²) >= 11 is 0. The number of nitrogens with one attached hydrogen (secondary N) is 2. The second-order valence-corrected chi connectivity index (χ2v) is 9.71. The minimum Gasteiger partial charge on any atom is -0.369 e. The fraction of sp³-hybridized carbons (Fsp3) is 0.318. The maximum atomic E-state index is 12.6. The van der Waals surface area contributed by atoms with Gasteiger partial charge in [0, 0.05) is 37.7 Å². The summed E-state index contributed by atoms with van der Waals surface area (Å²) in [6.07, 6.45) is 0.337. The molecule has 34 heavy (non-hydrogen) atoms. The first-order chi connectivity index (χ1) is 16.1. The summed E-state index contributed by atoms with van der Waals surface area (Å²) in [4.78, 5) is 33.6. The lowest BCUT2D eigenvalue weighted by molar-refractivity contribution is -0.121. The molecule has 4 rings (SSSR count). The van der Waals surface area contributed by atoms with Gasteiger partial charge in [0.25, 0.3) is 0 Å². The first-order valence-corrected chi connectivity index (χ1v) is 12.2. The van der Waals surface area contributed by atoms with E-state index in [-0.39, 0.29) is 36.1 Å². The van der Waals surface area contributed by atoms with E-state index in [4.69, 9.17) is 0 Å². The van der Waals surface area contributed by atoms with E-state index in [1.54, 1.807) is 17.7 Å². The lowest BCUT2D eigenvalue weighted by atomic mass is 10.3. The molecule has 0 radical (unpaired) electrons. The molecule has 0 bridgehead atoms. The molecule has 0 atom stereocenters. The average Bonchev–Trinajstić information content (AvgIpc) is 3.30. The smallest absolute Gasteiger partial charge is 0.240 e. The van der Waals surface area contributed by atoms with Crippen molar-refractivity contribution in [1.82, 2.24) is 24.5 Å². The van der Waals surface area contributed by atoms with Crippen molar-refractivity contribution in [2.45, 2.75) is 38.5 Å². The Morgan fingerprint density at radius 3 is 2.24 bits per heavy atom. The van der Waals surface area contributed by atoms with Crippen LogP contribution in [0.25, 0.3) is 5.82 Å². The average molecular weight is 484 g/mol. The van der Waals surface area contributed by atoms with Crippen LogP contribution in [0.5, 0.6) is 0 Å². The molecule has 12 heteroatoms. The van der Waals surface area contributed by atoms with E-state index in [2.05, 4.69) is 25.1 Å². The molecule has 0 saturated carbocycles. The molecule has 1 aliphatic rings. The summed E-state index contributed by atoms with van der Waals surface area (Å²) in [6, 6.07) is 9.36. The Labute approximate surface area is 197 Å². The Morgan fingerprint density at radius 1 is 0.941 bits per heavy atom. The van der Waals surface area contributed by atoms with Gasteiger partial charge < -0.3 is 5.32 Å². The highest BCUT2D eigenvalue weighted by molar-refractivity contribution is 7.89. The number of carbonyl (C=O) groups is 2. The molecule has 178 valence electrons. The third kappa shape index (κ3) is 4.97. The molecular formula is C22H25N7O4S. The van der Waals surface area contributed by atoms with Crippen LogP contribution in [0.3, 0.4) is 0 Å². The SMILES string of the molecule is Cc1cc(C)n(-c2cc(NCCNS(=O)(=O)c3ccc(N4C(=O)CCC4=O)cc3)nc(C)n2)n1. The molecule has 11 nitrogen and oxygen atoms in total. The van der Waals surface area contributed by atoms with Crippen molar-refractivity contribution in [3.8, 4) is 5.82 Å². The third-order valence-corrected chi connectivity index (χ3v) is 6.71. The quantitative estimate of drug-likeness (QED) is 0.364. The summed E-state index contributed by atoms with van der Waals surface area (Å²) in [5.41, 5.74) is 2.19. The standard InChI is InChI=1S/C22H25N7O4S/c1-14-12-15(2)29(27-14)20-13-19(25-16(3)26-20)23-10-11-24-34(32,33)18-6-4-17(5-7-18)28-21(30)8-9-22(28)31/h4-7,12-13,24H,8-11H2,1-3H3,(H,23,25,26). The maximum Gasteiger partial charge on any atom is 0.240 e. The highest BCUT2D eigenvalue weighted by atomic mass is 32.2. The van der Waals surface area contributed by atoms with E-state index < -0.39 is 10.0 Å². The Balaban J connectivity index is 1.37. The first-order valence-electron chi connectivity index (χ1n) is 10.7. The van der Waals surface area contributed by atoms with Crippen molar-refractivity contribution < 1.29 is 18.0 Å². The number of amides is 2. The predicted molar refractivity (Wildman–Crippen MR) is 125 cm³/mol. The second-order valence-electron chi connectivity index (χ2n) is 7.94. The predicted octanol–water partition coefficient (Wildman–Crippen LogP) is 1.63. The molecule has 1 aromatic carbocycles. The molecule has 1 saturated heterocycles. The number of aryl methyl sites for hydroxylation is 3. The van der Waals surface area contributed by atoms with Crippen molar-refractivity contribution in [2.24, 2.45) is 0 Å². The number of nitrogens with zero attached hydrogens (tertiary/aromatic N) is 5. The lowest BCUT2D eigenvalue weighted by Crippen LogP contribution is -2.30. The number of hydrogen-bond acceptors (Lipinski definition) is 8. The van der Waals surface area contributed by atoms with Crippen LogP contribution in [0, 0.1) is 20.8 Å². The van der Waals surface area contributed by atoms with Gasteiger partial charge in [0.2, 0.25) is 21.8 Å². The van der Waals surface area contributed by atoms with Gasteiger partial charge in [0.15, 0.2) is 5.82 Å². The van der Waals surface area contributed by atoms with Gasteiger partial charge in [-0.1, -0.05) is 0 Å². The molecule has 2 aromatic heterocycles. The van der Waals surface area contributed by atoms with Crippen molar-refractivity contribution in [3.05, 3.63) is 53.6 Å². The number of aromatic nitrogens is 4. The maximum absolute atomic E-state index is 12.6. The first kappa shape index (κ1) is 23.5. The lowest BCUT2D eigenvalue weighted by Gasteiger charge is -2.14. The van der Waals surface area contributed by atoms with Gasteiger partial charge >= 0.3 is 0 Å². The van der Waals surface area contributed by atoms with Gasteiger partial charge in [0.05, 0.1) is 16.3 Å². The zero-order valence-corrected chi connectivity index (χ0v) is 19.9. The zero-order valence-electron chi connectivity index (χ0n) is 19.1. The molecule has 3 heterocycles. The van der Waals surface area contributed by atoms with Gasteiger partial charge in [-0.3, -0.25) is 14.5 Å². The van der Waals surface area contributed by atoms with Crippen LogP contribution in [-0.4, -0.2) is 53.1 Å². The number of benzene rings is 1. The van der Waals surface area contributed by atoms with E-state index in [0.29, 0.717) is 29.7 Å². The van der Waals surface area contributed by atoms with Crippen LogP contribution >= 0.6 is 0 Å². The number of carbonyl (C=O) groups excluding carboxylic acids is 2. The van der Waals surface area contributed by atoms with Gasteiger partial charge in [-0.15, -0.1) is 0 Å². The minimum atomic E-state index is -3.77. The number of anilines is 2. The van der Waals surface area contributed by atoms with Crippen LogP contribution in [0.15, 0.2) is 41.3 Å². The van der Waals surface area contributed by atoms with E-state index in [1.165, 1.54) is 24.3 Å². The summed E-state index contributed by atoms with van der Waals surface area (Å²) in [5, 5.41) is 7.53. The van der Waals surface area contributed by atoms with Gasteiger partial charge in [-0.05, 0) is 51.1 Å². The summed E-state index contributed by atoms with van der Waals surface area (Å²) < 4.78 is 29.5. The van der Waals surface area contributed by atoms with Crippen LogP contribution in [-0.2, 0) is 19.6 Å². The highest BCUT2D eigenvalue weighted by Crippen LogP contribution is 2.24. The van der Waals surface area contributed by atoms with E-state index >= 15 is 0 Å². The van der Waals surface area contributed by atoms with Crippen LogP contribution in [0.4, 0.5) is 11.5 Å². The van der Waals surface area contributed by atoms with Crippen LogP contribution < -0.4 is 14.9 Å². The largest absolute Gasteiger partial charge is 0.369 e. The Hall–Kier alpha value is -3.64. The second kappa shape index (κ2) is 9.31. The van der Waals surface area contributed by atoms with E-state index in [1.807, 2.05) is 19.9 Å². The molecule has 0 aliphatic carbocycles. The zero-order chi connectivity index (χ0) is 24.5. The van der Waals surface area contributed by atoms with Gasteiger partial charge in [0.1, 0.15) is 11.6 Å². The molecule has 0 spiro atoms. The Morgan fingerprint density at radius 2 is 1.62 bits per heavy atom. The fourth-order valence-electron chi connectivity index (χ4n) is 3.71. The molecule has 0 unspecified atom stereocenters.